The first-order valence-electron chi connectivity index (χ1n) is 11.2. The Hall–Kier alpha value is -3.39. The van der Waals surface area contributed by atoms with E-state index in [1.807, 2.05) is 92.0 Å². The van der Waals surface area contributed by atoms with Crippen molar-refractivity contribution in [2.75, 3.05) is 7.11 Å². The van der Waals surface area contributed by atoms with Crippen molar-refractivity contribution in [3.05, 3.63) is 106 Å². The summed E-state index contributed by atoms with van der Waals surface area (Å²) in [5.41, 5.74) is 5.42. The number of rotatable bonds is 6. The number of carbonyl (C=O) groups is 1. The summed E-state index contributed by atoms with van der Waals surface area (Å²) in [6.45, 7) is 2.47. The second-order valence-electron chi connectivity index (χ2n) is 8.32. The summed E-state index contributed by atoms with van der Waals surface area (Å²) >= 11 is 13.3. The van der Waals surface area contributed by atoms with Gasteiger partial charge in [-0.3, -0.25) is 9.69 Å². The number of benzene rings is 3. The molecule has 4 aromatic rings. The van der Waals surface area contributed by atoms with Crippen molar-refractivity contribution in [3.63, 3.8) is 0 Å². The Labute approximate surface area is 224 Å². The van der Waals surface area contributed by atoms with Gasteiger partial charge in [-0.2, -0.15) is 5.10 Å². The lowest BCUT2D eigenvalue weighted by atomic mass is 10.1. The number of aryl methyl sites for hydroxylation is 1. The lowest BCUT2D eigenvalue weighted by molar-refractivity contribution is -0.122. The van der Waals surface area contributed by atoms with E-state index >= 15 is 0 Å². The molecule has 1 aliphatic heterocycles. The smallest absolute Gasteiger partial charge is 0.266 e. The van der Waals surface area contributed by atoms with E-state index in [9.17, 15) is 4.79 Å². The molecule has 0 N–H and O–H groups in total. The van der Waals surface area contributed by atoms with Crippen molar-refractivity contribution in [3.8, 4) is 22.7 Å². The predicted molar refractivity (Wildman–Crippen MR) is 150 cm³/mol. The largest absolute Gasteiger partial charge is 0.495 e. The number of hydrogen-bond donors (Lipinski definition) is 0. The Bertz CT molecular complexity index is 1480. The number of hydrogen-bond acceptors (Lipinski definition) is 5. The van der Waals surface area contributed by atoms with E-state index in [0.29, 0.717) is 32.2 Å². The first-order chi connectivity index (χ1) is 17.4. The van der Waals surface area contributed by atoms with Crippen molar-refractivity contribution in [2.24, 2.45) is 0 Å². The lowest BCUT2D eigenvalue weighted by Gasteiger charge is -2.14. The van der Waals surface area contributed by atoms with Gasteiger partial charge in [-0.25, -0.2) is 4.68 Å². The molecular formula is C28H22ClN3O2S2. The zero-order valence-corrected chi connectivity index (χ0v) is 22.0. The molecule has 1 amide bonds. The summed E-state index contributed by atoms with van der Waals surface area (Å²) in [6.07, 6.45) is 3.77. The normalized spacial score (nSPS) is 14.6. The highest BCUT2D eigenvalue weighted by Gasteiger charge is 2.32. The van der Waals surface area contributed by atoms with E-state index in [0.717, 1.165) is 22.4 Å². The van der Waals surface area contributed by atoms with Crippen LogP contribution in [0.4, 0.5) is 0 Å². The minimum atomic E-state index is -0.114. The maximum Gasteiger partial charge on any atom is 0.266 e. The zero-order chi connectivity index (χ0) is 25.2. The molecule has 3 aromatic carbocycles. The third-order valence-electron chi connectivity index (χ3n) is 5.81. The second-order valence-corrected chi connectivity index (χ2v) is 10.4. The van der Waals surface area contributed by atoms with Crippen molar-refractivity contribution in [1.29, 1.82) is 0 Å². The van der Waals surface area contributed by atoms with Gasteiger partial charge in [0.05, 0.1) is 29.3 Å². The van der Waals surface area contributed by atoms with Crippen LogP contribution in [0.5, 0.6) is 5.75 Å². The van der Waals surface area contributed by atoms with E-state index in [-0.39, 0.29) is 5.91 Å². The van der Waals surface area contributed by atoms with E-state index in [2.05, 4.69) is 0 Å². The molecule has 1 fully saturated rings. The van der Waals surface area contributed by atoms with Gasteiger partial charge in [-0.15, -0.1) is 0 Å². The molecule has 180 valence electrons. The zero-order valence-electron chi connectivity index (χ0n) is 19.6. The summed E-state index contributed by atoms with van der Waals surface area (Å²) in [5, 5.41) is 5.32. The van der Waals surface area contributed by atoms with Crippen LogP contribution in [0, 0.1) is 6.92 Å². The number of halogens is 1. The van der Waals surface area contributed by atoms with Gasteiger partial charge in [-0.1, -0.05) is 83.6 Å². The Morgan fingerprint density at radius 1 is 1.08 bits per heavy atom. The van der Waals surface area contributed by atoms with Crippen molar-refractivity contribution >= 4 is 51.9 Å². The second kappa shape index (κ2) is 10.3. The highest BCUT2D eigenvalue weighted by Crippen LogP contribution is 2.37. The molecule has 1 aromatic heterocycles. The first-order valence-corrected chi connectivity index (χ1v) is 12.8. The molecule has 1 aliphatic rings. The third-order valence-corrected chi connectivity index (χ3v) is 7.48. The predicted octanol–water partition coefficient (Wildman–Crippen LogP) is 6.91. The fourth-order valence-corrected chi connectivity index (χ4v) is 5.40. The molecule has 2 heterocycles. The number of para-hydroxylation sites is 1. The van der Waals surface area contributed by atoms with E-state index in [1.165, 1.54) is 17.3 Å². The molecule has 0 unspecified atom stereocenters. The third kappa shape index (κ3) is 4.95. The number of thiocarbonyl (C=S) groups is 1. The molecule has 36 heavy (non-hydrogen) atoms. The minimum Gasteiger partial charge on any atom is -0.495 e. The number of ether oxygens (including phenoxy) is 1. The number of carbonyl (C=O) groups excluding carboxylic acids is 1. The van der Waals surface area contributed by atoms with E-state index in [4.69, 9.17) is 33.7 Å². The van der Waals surface area contributed by atoms with E-state index < -0.39 is 0 Å². The molecular weight excluding hydrogens is 510 g/mol. The van der Waals surface area contributed by atoms with Crippen LogP contribution in [0.25, 0.3) is 23.0 Å². The van der Waals surface area contributed by atoms with Gasteiger partial charge in [-0.05, 0) is 48.9 Å². The topological polar surface area (TPSA) is 47.4 Å². The van der Waals surface area contributed by atoms with E-state index in [1.54, 1.807) is 16.7 Å². The number of nitrogens with zero attached hydrogens (tertiary/aromatic N) is 3. The van der Waals surface area contributed by atoms with Crippen LogP contribution in [-0.2, 0) is 11.3 Å². The quantitative estimate of drug-likeness (QED) is 0.200. The minimum absolute atomic E-state index is 0.114. The number of amides is 1. The fraction of sp³-hybridized carbons (Fsp3) is 0.107. The van der Waals surface area contributed by atoms with Crippen LogP contribution < -0.4 is 4.74 Å². The number of aromatic nitrogens is 2. The maximum absolute atomic E-state index is 13.3. The molecule has 5 nitrogen and oxygen atoms in total. The molecule has 0 saturated carbocycles. The summed E-state index contributed by atoms with van der Waals surface area (Å²) in [7, 11) is 1.58. The lowest BCUT2D eigenvalue weighted by Crippen LogP contribution is -2.27. The van der Waals surface area contributed by atoms with Gasteiger partial charge in [0.25, 0.3) is 5.91 Å². The molecule has 0 aliphatic carbocycles. The highest BCUT2D eigenvalue weighted by molar-refractivity contribution is 8.26. The van der Waals surface area contributed by atoms with Crippen molar-refractivity contribution < 1.29 is 9.53 Å². The summed E-state index contributed by atoms with van der Waals surface area (Å²) in [4.78, 5) is 15.5. The number of methoxy groups -OCH3 is 1. The van der Waals surface area contributed by atoms with Crippen LogP contribution in [0.3, 0.4) is 0 Å². The van der Waals surface area contributed by atoms with Gasteiger partial charge in [0.2, 0.25) is 0 Å². The standard InChI is InChI=1S/C28H22ClN3O2S2/c1-18-8-10-19(11-9-18)16-31-27(33)25(36-28(31)35)15-21-17-32(22-6-4-3-5-7-22)30-26(21)20-12-13-24(34-2)23(29)14-20/h3-15,17H,16H2,1-2H3/b25-15-. The Morgan fingerprint density at radius 3 is 2.53 bits per heavy atom. The molecule has 1 saturated heterocycles. The summed E-state index contributed by atoms with van der Waals surface area (Å²) in [6, 6.07) is 23.5. The van der Waals surface area contributed by atoms with Gasteiger partial charge in [0.15, 0.2) is 0 Å². The highest BCUT2D eigenvalue weighted by atomic mass is 35.5. The van der Waals surface area contributed by atoms with Crippen LogP contribution in [0.2, 0.25) is 5.02 Å². The van der Waals surface area contributed by atoms with Gasteiger partial charge >= 0.3 is 0 Å². The molecule has 5 rings (SSSR count). The summed E-state index contributed by atoms with van der Waals surface area (Å²) < 4.78 is 7.64. The van der Waals surface area contributed by atoms with Crippen LogP contribution in [-0.4, -0.2) is 32.0 Å². The monoisotopic (exact) mass is 531 g/mol. The first kappa shape index (κ1) is 24.3. The molecule has 0 bridgehead atoms. The Balaban J connectivity index is 1.53. The fourth-order valence-electron chi connectivity index (χ4n) is 3.90. The average Bonchev–Trinajstić information content (AvgIpc) is 3.42. The van der Waals surface area contributed by atoms with Crippen LogP contribution in [0.1, 0.15) is 16.7 Å². The van der Waals surface area contributed by atoms with Gasteiger partial charge in [0, 0.05) is 17.3 Å². The molecule has 8 heteroatoms. The Morgan fingerprint density at radius 2 is 1.83 bits per heavy atom. The summed E-state index contributed by atoms with van der Waals surface area (Å²) in [5.74, 6) is 0.471. The van der Waals surface area contributed by atoms with Crippen LogP contribution in [0.15, 0.2) is 83.9 Å². The SMILES string of the molecule is COc1ccc(-c2nn(-c3ccccc3)cc2/C=C2\SC(=S)N(Cc3ccc(C)cc3)C2=O)cc1Cl. The van der Waals surface area contributed by atoms with Crippen molar-refractivity contribution in [2.45, 2.75) is 13.5 Å². The molecule has 0 atom stereocenters. The molecule has 0 radical (unpaired) electrons. The van der Waals surface area contributed by atoms with Crippen LogP contribution >= 0.6 is 35.6 Å². The van der Waals surface area contributed by atoms with Gasteiger partial charge in [0.1, 0.15) is 15.8 Å². The Kier molecular flexibility index (Phi) is 6.96. The van der Waals surface area contributed by atoms with Gasteiger partial charge < -0.3 is 4.74 Å². The number of thioether (sulfide) groups is 1. The molecule has 0 spiro atoms. The van der Waals surface area contributed by atoms with Crippen molar-refractivity contribution in [1.82, 2.24) is 14.7 Å². The average molecular weight is 532 g/mol. The maximum atomic E-state index is 13.3.